The van der Waals surface area contributed by atoms with Crippen molar-refractivity contribution in [2.75, 3.05) is 17.2 Å². The molecule has 2 N–H and O–H groups in total. The molecule has 6 rings (SSSR count). The Bertz CT molecular complexity index is 1280. The zero-order valence-electron chi connectivity index (χ0n) is 20.2. The summed E-state index contributed by atoms with van der Waals surface area (Å²) in [5.41, 5.74) is 1.82. The molecule has 0 bridgehead atoms. The highest BCUT2D eigenvalue weighted by Gasteiger charge is 2.33. The zero-order valence-corrected chi connectivity index (χ0v) is 20.2. The number of nitrogens with one attached hydrogen (secondary N) is 2. The Balaban J connectivity index is 1.36. The van der Waals surface area contributed by atoms with E-state index in [9.17, 15) is 8.78 Å². The molecule has 2 fully saturated rings. The van der Waals surface area contributed by atoms with Crippen molar-refractivity contribution in [1.29, 1.82) is 0 Å². The number of aromatic nitrogens is 4. The van der Waals surface area contributed by atoms with Gasteiger partial charge in [-0.3, -0.25) is 4.68 Å². The quantitative estimate of drug-likeness (QED) is 0.449. The van der Waals surface area contributed by atoms with Gasteiger partial charge in [0.05, 0.1) is 18.3 Å². The van der Waals surface area contributed by atoms with Gasteiger partial charge in [0.1, 0.15) is 23.0 Å². The van der Waals surface area contributed by atoms with Gasteiger partial charge in [0, 0.05) is 47.5 Å². The molecule has 1 saturated heterocycles. The van der Waals surface area contributed by atoms with Crippen LogP contribution in [-0.4, -0.2) is 38.4 Å². The monoisotopic (exact) mass is 498 g/mol. The van der Waals surface area contributed by atoms with Crippen molar-refractivity contribution in [2.45, 2.75) is 76.1 Å². The second-order valence-corrected chi connectivity index (χ2v) is 10.1. The van der Waals surface area contributed by atoms with Gasteiger partial charge in [0.15, 0.2) is 5.82 Å². The van der Waals surface area contributed by atoms with E-state index in [0.29, 0.717) is 42.1 Å². The molecule has 7 nitrogen and oxygen atoms in total. The van der Waals surface area contributed by atoms with Gasteiger partial charge < -0.3 is 15.4 Å². The number of benzene rings is 1. The summed E-state index contributed by atoms with van der Waals surface area (Å²) >= 11 is 0. The van der Waals surface area contributed by atoms with E-state index in [-0.39, 0.29) is 35.2 Å². The van der Waals surface area contributed by atoms with Crippen molar-refractivity contribution in [3.05, 3.63) is 53.4 Å². The van der Waals surface area contributed by atoms with Gasteiger partial charge in [-0.05, 0) is 51.7 Å². The number of anilines is 2. The minimum atomic E-state index is -2.74. The minimum Gasteiger partial charge on any atom is -0.376 e. The van der Waals surface area contributed by atoms with E-state index in [1.165, 1.54) is 12.1 Å². The van der Waals surface area contributed by atoms with Crippen LogP contribution < -0.4 is 10.6 Å². The second kappa shape index (κ2) is 9.06. The molecule has 36 heavy (non-hydrogen) atoms. The maximum atomic E-state index is 15.1. The fourth-order valence-electron chi connectivity index (χ4n) is 4.97. The number of hydrogen-bond donors (Lipinski definition) is 2. The van der Waals surface area contributed by atoms with E-state index < -0.39 is 12.2 Å². The Hall–Kier alpha value is -3.14. The van der Waals surface area contributed by atoms with E-state index in [0.717, 1.165) is 30.9 Å². The summed E-state index contributed by atoms with van der Waals surface area (Å²) in [5, 5.41) is 11.3. The van der Waals surface area contributed by atoms with E-state index in [4.69, 9.17) is 14.7 Å². The van der Waals surface area contributed by atoms with Crippen LogP contribution in [0.25, 0.3) is 11.3 Å². The first-order valence-electron chi connectivity index (χ1n) is 12.6. The number of rotatable bonds is 5. The molecule has 10 heteroatoms. The zero-order chi connectivity index (χ0) is 25.0. The maximum Gasteiger partial charge on any atom is 0.263 e. The molecular weight excluding hydrogens is 469 g/mol. The van der Waals surface area contributed by atoms with E-state index >= 15 is 4.39 Å². The van der Waals surface area contributed by atoms with Gasteiger partial charge in [-0.1, -0.05) is 6.07 Å². The van der Waals surface area contributed by atoms with Crippen molar-refractivity contribution in [3.63, 3.8) is 0 Å². The number of hydrogen-bond acceptors (Lipinski definition) is 6. The molecule has 1 aliphatic carbocycles. The van der Waals surface area contributed by atoms with Gasteiger partial charge in [-0.15, -0.1) is 0 Å². The van der Waals surface area contributed by atoms with Gasteiger partial charge >= 0.3 is 0 Å². The standard InChI is InChI=1S/C26H29F3N6O/c1-13-14(2)32-26-23(31-13)22(19-6-3-15(24(28)29)9-20(19)27)33-25(34-26)16-7-8-36-21(10-16)17-11-30-35(12-17)18-4-5-18/h3,6,9,11-14,16,18,21,24,31H,4-5,7-8,10H2,1-2H3,(H,32,33,34)/t13?,14?,16?,21-/m1/s1. The summed E-state index contributed by atoms with van der Waals surface area (Å²) in [4.78, 5) is 9.68. The Labute approximate surface area is 207 Å². The fourth-order valence-corrected chi connectivity index (χ4v) is 4.97. The molecule has 1 saturated carbocycles. The molecule has 0 spiro atoms. The normalized spacial score (nSPS) is 25.8. The number of fused-ring (bicyclic) bond motifs is 1. The minimum absolute atomic E-state index is 0.00284. The summed E-state index contributed by atoms with van der Waals surface area (Å²) in [7, 11) is 0. The predicted octanol–water partition coefficient (Wildman–Crippen LogP) is 6.00. The molecule has 3 aromatic rings. The molecule has 2 aromatic heterocycles. The first-order valence-corrected chi connectivity index (χ1v) is 12.6. The Morgan fingerprint density at radius 1 is 1.08 bits per heavy atom. The first kappa shape index (κ1) is 23.3. The van der Waals surface area contributed by atoms with Crippen LogP contribution in [0.15, 0.2) is 30.6 Å². The highest BCUT2D eigenvalue weighted by molar-refractivity contribution is 5.84. The maximum absolute atomic E-state index is 15.1. The van der Waals surface area contributed by atoms with Crippen molar-refractivity contribution < 1.29 is 17.9 Å². The smallest absolute Gasteiger partial charge is 0.263 e. The van der Waals surface area contributed by atoms with Crippen LogP contribution in [0.4, 0.5) is 24.7 Å². The van der Waals surface area contributed by atoms with Crippen molar-refractivity contribution in [1.82, 2.24) is 19.7 Å². The Morgan fingerprint density at radius 3 is 2.64 bits per heavy atom. The number of halogens is 3. The fraction of sp³-hybridized carbons (Fsp3) is 0.500. The summed E-state index contributed by atoms with van der Waals surface area (Å²) in [5.74, 6) is 0.463. The van der Waals surface area contributed by atoms with Crippen molar-refractivity contribution in [3.8, 4) is 11.3 Å². The van der Waals surface area contributed by atoms with E-state index in [2.05, 4.69) is 21.9 Å². The van der Waals surface area contributed by atoms with Crippen LogP contribution in [-0.2, 0) is 4.74 Å². The molecule has 1 aromatic carbocycles. The Kier molecular flexibility index (Phi) is 5.86. The molecule has 3 aliphatic rings. The molecule has 4 atom stereocenters. The average molecular weight is 499 g/mol. The van der Waals surface area contributed by atoms with Crippen LogP contribution in [0.1, 0.15) is 81.0 Å². The molecule has 3 unspecified atom stereocenters. The third-order valence-electron chi connectivity index (χ3n) is 7.48. The van der Waals surface area contributed by atoms with Crippen molar-refractivity contribution in [2.24, 2.45) is 0 Å². The summed E-state index contributed by atoms with van der Waals surface area (Å²) < 4.78 is 49.5. The van der Waals surface area contributed by atoms with Crippen LogP contribution in [0.3, 0.4) is 0 Å². The number of alkyl halides is 2. The summed E-state index contributed by atoms with van der Waals surface area (Å²) in [6, 6.07) is 4.16. The van der Waals surface area contributed by atoms with Gasteiger partial charge in [-0.25, -0.2) is 23.1 Å². The van der Waals surface area contributed by atoms with Crippen LogP contribution in [0.2, 0.25) is 0 Å². The third-order valence-corrected chi connectivity index (χ3v) is 7.48. The van der Waals surface area contributed by atoms with Crippen LogP contribution in [0.5, 0.6) is 0 Å². The molecule has 190 valence electrons. The van der Waals surface area contributed by atoms with E-state index in [1.807, 2.05) is 24.7 Å². The lowest BCUT2D eigenvalue weighted by Gasteiger charge is -2.34. The van der Waals surface area contributed by atoms with Gasteiger partial charge in [-0.2, -0.15) is 5.10 Å². The molecule has 0 amide bonds. The van der Waals surface area contributed by atoms with Crippen molar-refractivity contribution >= 4 is 11.5 Å². The average Bonchev–Trinajstić information content (AvgIpc) is 3.60. The lowest BCUT2D eigenvalue weighted by molar-refractivity contribution is 0.00394. The van der Waals surface area contributed by atoms with Gasteiger partial charge in [0.25, 0.3) is 6.43 Å². The number of nitrogens with zero attached hydrogens (tertiary/aromatic N) is 4. The summed E-state index contributed by atoms with van der Waals surface area (Å²) in [6.07, 6.45) is 4.82. The predicted molar refractivity (Wildman–Crippen MR) is 130 cm³/mol. The molecule has 4 heterocycles. The third kappa shape index (κ3) is 4.31. The van der Waals surface area contributed by atoms with Gasteiger partial charge in [0.2, 0.25) is 0 Å². The van der Waals surface area contributed by atoms with Crippen LogP contribution in [0, 0.1) is 5.82 Å². The SMILES string of the molecule is CC1Nc2nc(C3CCO[C@@H](c4cnn(C5CC5)c4)C3)nc(-c3ccc(C(F)F)cc3F)c2NC1C. The highest BCUT2D eigenvalue weighted by atomic mass is 19.3. The largest absolute Gasteiger partial charge is 0.376 e. The molecule has 2 aliphatic heterocycles. The topological polar surface area (TPSA) is 76.9 Å². The number of ether oxygens (including phenoxy) is 1. The summed E-state index contributed by atoms with van der Waals surface area (Å²) in [6.45, 7) is 4.61. The first-order chi connectivity index (χ1) is 17.4. The Morgan fingerprint density at radius 2 is 1.89 bits per heavy atom. The lowest BCUT2D eigenvalue weighted by Crippen LogP contribution is -2.40. The lowest BCUT2D eigenvalue weighted by atomic mass is 9.92. The molecule has 0 radical (unpaired) electrons. The second-order valence-electron chi connectivity index (χ2n) is 10.1. The molecular formula is C26H29F3N6O. The highest BCUT2D eigenvalue weighted by Crippen LogP contribution is 2.42. The van der Waals surface area contributed by atoms with E-state index in [1.54, 1.807) is 0 Å². The van der Waals surface area contributed by atoms with Crippen LogP contribution >= 0.6 is 0 Å².